The van der Waals surface area contributed by atoms with E-state index in [9.17, 15) is 9.90 Å². The monoisotopic (exact) mass is 450 g/mol. The van der Waals surface area contributed by atoms with E-state index >= 15 is 0 Å². The van der Waals surface area contributed by atoms with Crippen LogP contribution in [-0.2, 0) is 4.79 Å². The second kappa shape index (κ2) is 9.29. The van der Waals surface area contributed by atoms with Crippen LogP contribution >= 0.6 is 23.4 Å². The highest BCUT2D eigenvalue weighted by molar-refractivity contribution is 8.00. The summed E-state index contributed by atoms with van der Waals surface area (Å²) in [6.45, 7) is 0. The van der Waals surface area contributed by atoms with Crippen LogP contribution in [0.15, 0.2) is 88.4 Å². The van der Waals surface area contributed by atoms with Gasteiger partial charge in [0.1, 0.15) is 0 Å². The van der Waals surface area contributed by atoms with Gasteiger partial charge in [0.15, 0.2) is 11.5 Å². The maximum atomic E-state index is 13.2. The van der Waals surface area contributed by atoms with E-state index in [1.165, 1.54) is 12.1 Å². The van der Waals surface area contributed by atoms with Crippen molar-refractivity contribution in [2.24, 2.45) is 5.10 Å². The number of amides is 1. The predicted molar refractivity (Wildman–Crippen MR) is 126 cm³/mol. The lowest BCUT2D eigenvalue weighted by atomic mass is 10.1. The van der Waals surface area contributed by atoms with Crippen molar-refractivity contribution in [3.8, 4) is 11.5 Å². The van der Waals surface area contributed by atoms with Gasteiger partial charge in [-0.1, -0.05) is 35.9 Å². The highest BCUT2D eigenvalue weighted by Gasteiger charge is 2.31. The maximum Gasteiger partial charge on any atom is 0.280 e. The van der Waals surface area contributed by atoms with E-state index in [-0.39, 0.29) is 11.7 Å². The number of phenolic OH excluding ortho intramolecular Hbond substituents is 1. The summed E-state index contributed by atoms with van der Waals surface area (Å²) in [7, 11) is 1.49. The molecular weight excluding hydrogens is 432 g/mol. The molecule has 1 amide bonds. The molecule has 0 saturated heterocycles. The number of methoxy groups -OCH3 is 1. The fourth-order valence-corrected chi connectivity index (χ4v) is 4.06. The van der Waals surface area contributed by atoms with Crippen molar-refractivity contribution in [1.29, 1.82) is 0 Å². The van der Waals surface area contributed by atoms with Crippen LogP contribution in [-0.4, -0.2) is 29.6 Å². The second-order valence-electron chi connectivity index (χ2n) is 6.73. The molecule has 0 unspecified atom stereocenters. The Morgan fingerprint density at radius 2 is 1.84 bits per heavy atom. The van der Waals surface area contributed by atoms with E-state index in [4.69, 9.17) is 16.3 Å². The van der Waals surface area contributed by atoms with Crippen molar-refractivity contribution in [3.63, 3.8) is 0 Å². The molecule has 1 heterocycles. The molecule has 0 radical (unpaired) electrons. The first kappa shape index (κ1) is 21.0. The van der Waals surface area contributed by atoms with Crippen LogP contribution in [0.1, 0.15) is 5.56 Å². The zero-order valence-corrected chi connectivity index (χ0v) is 18.2. The van der Waals surface area contributed by atoms with Crippen LogP contribution < -0.4 is 9.75 Å². The summed E-state index contributed by atoms with van der Waals surface area (Å²) < 4.78 is 5.19. The highest BCUT2D eigenvalue weighted by atomic mass is 35.5. The molecule has 0 atom stereocenters. The lowest BCUT2D eigenvalue weighted by Crippen LogP contribution is -2.21. The SMILES string of the molecule is COc1cc(/C=C2/C(=O)N(c3ccccc3)N=C2CSc2ccc(Cl)cc2)ccc1O. The molecule has 1 N–H and O–H groups in total. The molecule has 3 aromatic rings. The molecule has 7 heteroatoms. The fourth-order valence-electron chi connectivity index (χ4n) is 3.09. The van der Waals surface area contributed by atoms with Gasteiger partial charge in [-0.3, -0.25) is 4.79 Å². The van der Waals surface area contributed by atoms with E-state index in [1.807, 2.05) is 54.6 Å². The molecule has 4 rings (SSSR count). The first-order valence-electron chi connectivity index (χ1n) is 9.49. The van der Waals surface area contributed by atoms with Gasteiger partial charge in [0.25, 0.3) is 5.91 Å². The quantitative estimate of drug-likeness (QED) is 0.390. The number of ether oxygens (including phenoxy) is 1. The summed E-state index contributed by atoms with van der Waals surface area (Å²) in [6.07, 6.45) is 1.77. The molecule has 0 fully saturated rings. The van der Waals surface area contributed by atoms with Gasteiger partial charge in [0, 0.05) is 15.7 Å². The molecule has 1 aliphatic heterocycles. The van der Waals surface area contributed by atoms with E-state index < -0.39 is 0 Å². The summed E-state index contributed by atoms with van der Waals surface area (Å²) in [5.74, 6) is 0.691. The molecule has 0 spiro atoms. The Morgan fingerprint density at radius 1 is 1.10 bits per heavy atom. The number of phenols is 1. The van der Waals surface area contributed by atoms with Crippen molar-refractivity contribution in [2.75, 3.05) is 17.9 Å². The number of rotatable bonds is 6. The van der Waals surface area contributed by atoms with Gasteiger partial charge >= 0.3 is 0 Å². The standard InChI is InChI=1S/C24H19ClN2O3S/c1-30-23-14-16(7-12-22(23)28)13-20-21(15-31-19-10-8-17(25)9-11-19)26-27(24(20)29)18-5-3-2-4-6-18/h2-14,28H,15H2,1H3/b20-13+. The Labute approximate surface area is 189 Å². The van der Waals surface area contributed by atoms with Gasteiger partial charge in [-0.05, 0) is 60.2 Å². The minimum atomic E-state index is -0.204. The average Bonchev–Trinajstić information content (AvgIpc) is 3.10. The highest BCUT2D eigenvalue weighted by Crippen LogP contribution is 2.31. The molecule has 0 saturated carbocycles. The van der Waals surface area contributed by atoms with Crippen LogP contribution in [0.4, 0.5) is 5.69 Å². The number of anilines is 1. The number of aromatic hydroxyl groups is 1. The fraction of sp³-hybridized carbons (Fsp3) is 0.0833. The van der Waals surface area contributed by atoms with Crippen LogP contribution in [0.25, 0.3) is 6.08 Å². The van der Waals surface area contributed by atoms with Gasteiger partial charge in [-0.15, -0.1) is 11.8 Å². The van der Waals surface area contributed by atoms with Crippen LogP contribution in [0.5, 0.6) is 11.5 Å². The Bertz CT molecular complexity index is 1160. The third kappa shape index (κ3) is 4.76. The molecule has 5 nitrogen and oxygen atoms in total. The largest absolute Gasteiger partial charge is 0.504 e. The third-order valence-corrected chi connectivity index (χ3v) is 5.93. The van der Waals surface area contributed by atoms with Gasteiger partial charge in [0.2, 0.25) is 0 Å². The molecule has 1 aliphatic rings. The summed E-state index contributed by atoms with van der Waals surface area (Å²) >= 11 is 7.55. The second-order valence-corrected chi connectivity index (χ2v) is 8.22. The number of carbonyl (C=O) groups is 1. The number of nitrogens with zero attached hydrogens (tertiary/aromatic N) is 2. The molecule has 156 valence electrons. The Balaban J connectivity index is 1.67. The van der Waals surface area contributed by atoms with Crippen molar-refractivity contribution in [1.82, 2.24) is 0 Å². The number of hydrazone groups is 1. The van der Waals surface area contributed by atoms with Crippen LogP contribution in [0.2, 0.25) is 5.02 Å². The van der Waals surface area contributed by atoms with Crippen molar-refractivity contribution < 1.29 is 14.6 Å². The van der Waals surface area contributed by atoms with Gasteiger partial charge in [-0.2, -0.15) is 10.1 Å². The Hall–Kier alpha value is -3.22. The van der Waals surface area contributed by atoms with E-state index in [0.29, 0.717) is 33.5 Å². The summed E-state index contributed by atoms with van der Waals surface area (Å²) in [5, 5.41) is 16.6. The predicted octanol–water partition coefficient (Wildman–Crippen LogP) is 5.63. The van der Waals surface area contributed by atoms with E-state index in [2.05, 4.69) is 5.10 Å². The van der Waals surface area contributed by atoms with Crippen LogP contribution in [0, 0.1) is 0 Å². The number of benzene rings is 3. The molecule has 0 bridgehead atoms. The van der Waals surface area contributed by atoms with Crippen LogP contribution in [0.3, 0.4) is 0 Å². The minimum Gasteiger partial charge on any atom is -0.504 e. The average molecular weight is 451 g/mol. The Kier molecular flexibility index (Phi) is 6.30. The number of hydrogen-bond donors (Lipinski definition) is 1. The zero-order chi connectivity index (χ0) is 21.8. The van der Waals surface area contributed by atoms with Crippen molar-refractivity contribution in [3.05, 3.63) is 89.0 Å². The number of carbonyl (C=O) groups excluding carboxylic acids is 1. The van der Waals surface area contributed by atoms with E-state index in [0.717, 1.165) is 10.5 Å². The minimum absolute atomic E-state index is 0.0421. The van der Waals surface area contributed by atoms with Gasteiger partial charge in [0.05, 0.1) is 24.1 Å². The molecule has 0 aliphatic carbocycles. The smallest absolute Gasteiger partial charge is 0.280 e. The third-order valence-electron chi connectivity index (χ3n) is 4.66. The zero-order valence-electron chi connectivity index (χ0n) is 16.7. The molecule has 31 heavy (non-hydrogen) atoms. The van der Waals surface area contributed by atoms with E-state index in [1.54, 1.807) is 36.0 Å². The maximum absolute atomic E-state index is 13.2. The van der Waals surface area contributed by atoms with Gasteiger partial charge in [-0.25, -0.2) is 0 Å². The molecule has 3 aromatic carbocycles. The van der Waals surface area contributed by atoms with Crippen molar-refractivity contribution >= 4 is 46.7 Å². The first-order chi connectivity index (χ1) is 15.0. The summed E-state index contributed by atoms with van der Waals surface area (Å²) in [4.78, 5) is 14.3. The summed E-state index contributed by atoms with van der Waals surface area (Å²) in [6, 6.07) is 21.8. The number of thioether (sulfide) groups is 1. The number of halogens is 1. The summed E-state index contributed by atoms with van der Waals surface area (Å²) in [5.41, 5.74) is 2.60. The lowest BCUT2D eigenvalue weighted by Gasteiger charge is -2.11. The molecular formula is C24H19ClN2O3S. The van der Waals surface area contributed by atoms with Gasteiger partial charge < -0.3 is 9.84 Å². The number of hydrogen-bond acceptors (Lipinski definition) is 5. The normalized spacial score (nSPS) is 14.8. The topological polar surface area (TPSA) is 62.1 Å². The first-order valence-corrected chi connectivity index (χ1v) is 10.9. The molecule has 0 aromatic heterocycles. The number of para-hydroxylation sites is 1. The Morgan fingerprint density at radius 3 is 2.55 bits per heavy atom. The lowest BCUT2D eigenvalue weighted by molar-refractivity contribution is -0.114. The van der Waals surface area contributed by atoms with Crippen molar-refractivity contribution in [2.45, 2.75) is 4.90 Å².